The molecule has 108 valence electrons. The van der Waals surface area contributed by atoms with E-state index in [0.29, 0.717) is 6.54 Å². The minimum atomic E-state index is -0.516. The van der Waals surface area contributed by atoms with Gasteiger partial charge in [-0.3, -0.25) is 10.1 Å². The molecule has 0 radical (unpaired) electrons. The lowest BCUT2D eigenvalue weighted by atomic mass is 10.0. The highest BCUT2D eigenvalue weighted by molar-refractivity contribution is 5.94. The summed E-state index contributed by atoms with van der Waals surface area (Å²) < 4.78 is 5.20. The fraction of sp³-hybridized carbons (Fsp3) is 0.471. The highest BCUT2D eigenvalue weighted by Crippen LogP contribution is 2.14. The Labute approximate surface area is 121 Å². The summed E-state index contributed by atoms with van der Waals surface area (Å²) in [6.45, 7) is 4.98. The number of unbranched alkanes of at least 4 members (excludes halogenated alkanes) is 2. The molecule has 1 heterocycles. The van der Waals surface area contributed by atoms with Gasteiger partial charge in [0.15, 0.2) is 0 Å². The molecule has 3 heteroatoms. The summed E-state index contributed by atoms with van der Waals surface area (Å²) in [5.41, 5.74) is 3.86. The van der Waals surface area contributed by atoms with E-state index in [-0.39, 0.29) is 5.78 Å². The second-order valence-electron chi connectivity index (χ2n) is 5.32. The van der Waals surface area contributed by atoms with Crippen molar-refractivity contribution in [2.75, 3.05) is 0 Å². The van der Waals surface area contributed by atoms with Crippen LogP contribution in [-0.4, -0.2) is 12.0 Å². The monoisotopic (exact) mass is 273 g/mol. The molecule has 1 N–H and O–H groups in total. The lowest BCUT2D eigenvalue weighted by Crippen LogP contribution is -2.34. The second-order valence-corrected chi connectivity index (χ2v) is 5.32. The Hall–Kier alpha value is -1.61. The van der Waals surface area contributed by atoms with Gasteiger partial charge >= 0.3 is 0 Å². The van der Waals surface area contributed by atoms with Gasteiger partial charge < -0.3 is 4.74 Å². The summed E-state index contributed by atoms with van der Waals surface area (Å²) in [6, 6.07) is 6.60. The van der Waals surface area contributed by atoms with Crippen LogP contribution in [0.4, 0.5) is 0 Å². The maximum Gasteiger partial charge on any atom is 0.214 e. The third-order valence-corrected chi connectivity index (χ3v) is 3.67. The predicted octanol–water partition coefficient (Wildman–Crippen LogP) is 3.26. The number of ketones is 1. The van der Waals surface area contributed by atoms with Crippen LogP contribution in [0.15, 0.2) is 30.5 Å². The molecule has 20 heavy (non-hydrogen) atoms. The number of hydrogen-bond donors (Lipinski definition) is 1. The van der Waals surface area contributed by atoms with Crippen molar-refractivity contribution in [3.05, 3.63) is 47.2 Å². The number of nitrogens with one attached hydrogen (secondary N) is 1. The third-order valence-electron chi connectivity index (χ3n) is 3.67. The Morgan fingerprint density at radius 3 is 2.85 bits per heavy atom. The van der Waals surface area contributed by atoms with Gasteiger partial charge in [0.25, 0.3) is 0 Å². The highest BCUT2D eigenvalue weighted by Gasteiger charge is 2.20. The molecule has 2 rings (SSSR count). The van der Waals surface area contributed by atoms with E-state index in [9.17, 15) is 4.79 Å². The van der Waals surface area contributed by atoms with E-state index in [1.165, 1.54) is 48.3 Å². The molecule has 0 aliphatic carbocycles. The Morgan fingerprint density at radius 2 is 2.15 bits per heavy atom. The van der Waals surface area contributed by atoms with Crippen LogP contribution in [0.5, 0.6) is 0 Å². The van der Waals surface area contributed by atoms with E-state index >= 15 is 0 Å². The van der Waals surface area contributed by atoms with E-state index in [2.05, 4.69) is 37.4 Å². The molecule has 1 aromatic rings. The van der Waals surface area contributed by atoms with Crippen LogP contribution in [0.25, 0.3) is 0 Å². The minimum Gasteiger partial charge on any atom is -0.475 e. The number of carbonyl (C=O) groups is 1. The topological polar surface area (TPSA) is 38.3 Å². The molecule has 0 spiro atoms. The van der Waals surface area contributed by atoms with Gasteiger partial charge in [0.2, 0.25) is 12.0 Å². The normalized spacial score (nSPS) is 17.5. The van der Waals surface area contributed by atoms with Crippen LogP contribution in [0, 0.1) is 6.92 Å². The largest absolute Gasteiger partial charge is 0.475 e. The number of ether oxygens (including phenoxy) is 1. The zero-order valence-corrected chi connectivity index (χ0v) is 12.3. The smallest absolute Gasteiger partial charge is 0.214 e. The number of aryl methyl sites for hydroxylation is 2. The first-order valence-corrected chi connectivity index (χ1v) is 7.38. The van der Waals surface area contributed by atoms with Crippen LogP contribution in [0.1, 0.15) is 42.9 Å². The summed E-state index contributed by atoms with van der Waals surface area (Å²) in [5, 5.41) is 3.15. The molecule has 1 atom stereocenters. The van der Waals surface area contributed by atoms with Gasteiger partial charge in [-0.05, 0) is 36.5 Å². The van der Waals surface area contributed by atoms with Crippen molar-refractivity contribution in [1.82, 2.24) is 5.32 Å². The molecule has 0 bridgehead atoms. The van der Waals surface area contributed by atoms with Gasteiger partial charge in [0, 0.05) is 12.6 Å². The summed E-state index contributed by atoms with van der Waals surface area (Å²) in [4.78, 5) is 11.4. The van der Waals surface area contributed by atoms with E-state index in [0.717, 1.165) is 6.42 Å². The first kappa shape index (κ1) is 14.8. The molecule has 0 saturated heterocycles. The Balaban J connectivity index is 1.92. The average molecular weight is 273 g/mol. The minimum absolute atomic E-state index is 0.0123. The summed E-state index contributed by atoms with van der Waals surface area (Å²) in [6.07, 6.45) is 7.28. The molecule has 0 saturated carbocycles. The third kappa shape index (κ3) is 3.94. The fourth-order valence-electron chi connectivity index (χ4n) is 2.34. The van der Waals surface area contributed by atoms with E-state index in [4.69, 9.17) is 4.74 Å². The molecule has 0 aromatic heterocycles. The fourth-order valence-corrected chi connectivity index (χ4v) is 2.34. The highest BCUT2D eigenvalue weighted by atomic mass is 16.5. The summed E-state index contributed by atoms with van der Waals surface area (Å²) >= 11 is 0. The lowest BCUT2D eigenvalue weighted by molar-refractivity contribution is -0.121. The van der Waals surface area contributed by atoms with Crippen molar-refractivity contribution < 1.29 is 9.53 Å². The Bertz CT molecular complexity index is 494. The van der Waals surface area contributed by atoms with Gasteiger partial charge in [-0.1, -0.05) is 38.0 Å². The number of benzene rings is 1. The van der Waals surface area contributed by atoms with Crippen LogP contribution in [0.2, 0.25) is 0 Å². The van der Waals surface area contributed by atoms with Crippen LogP contribution in [0.3, 0.4) is 0 Å². The quantitative estimate of drug-likeness (QED) is 0.775. The zero-order chi connectivity index (χ0) is 14.4. The van der Waals surface area contributed by atoms with Crippen molar-refractivity contribution >= 4 is 5.78 Å². The molecule has 1 aliphatic rings. The van der Waals surface area contributed by atoms with Crippen LogP contribution < -0.4 is 5.32 Å². The van der Waals surface area contributed by atoms with Crippen LogP contribution >= 0.6 is 0 Å². The Morgan fingerprint density at radius 1 is 1.30 bits per heavy atom. The van der Waals surface area contributed by atoms with Crippen molar-refractivity contribution in [2.45, 2.75) is 52.3 Å². The van der Waals surface area contributed by atoms with Gasteiger partial charge in [0.1, 0.15) is 0 Å². The molecular formula is C17H23NO2. The predicted molar refractivity (Wildman–Crippen MR) is 80.3 cm³/mol. The zero-order valence-electron chi connectivity index (χ0n) is 12.3. The lowest BCUT2D eigenvalue weighted by Gasteiger charge is -2.14. The summed E-state index contributed by atoms with van der Waals surface area (Å²) in [5.74, 6) is -0.0123. The second kappa shape index (κ2) is 7.25. The maximum absolute atomic E-state index is 11.4. The molecular weight excluding hydrogens is 250 g/mol. The Kier molecular flexibility index (Phi) is 5.36. The molecule has 1 unspecified atom stereocenters. The van der Waals surface area contributed by atoms with Gasteiger partial charge in [-0.2, -0.15) is 0 Å². The molecule has 1 aromatic carbocycles. The van der Waals surface area contributed by atoms with Crippen molar-refractivity contribution in [1.29, 1.82) is 0 Å². The van der Waals surface area contributed by atoms with Gasteiger partial charge in [-0.15, -0.1) is 0 Å². The average Bonchev–Trinajstić information content (AvgIpc) is 2.85. The molecule has 0 fully saturated rings. The first-order chi connectivity index (χ1) is 9.70. The van der Waals surface area contributed by atoms with Crippen molar-refractivity contribution in [3.8, 4) is 0 Å². The van der Waals surface area contributed by atoms with Crippen molar-refractivity contribution in [3.63, 3.8) is 0 Å². The van der Waals surface area contributed by atoms with Gasteiger partial charge in [-0.25, -0.2) is 0 Å². The van der Waals surface area contributed by atoms with Gasteiger partial charge in [0.05, 0.1) is 6.26 Å². The summed E-state index contributed by atoms with van der Waals surface area (Å²) in [7, 11) is 0. The maximum atomic E-state index is 11.4. The van der Waals surface area contributed by atoms with E-state index < -0.39 is 6.23 Å². The van der Waals surface area contributed by atoms with Crippen LogP contribution in [-0.2, 0) is 22.5 Å². The first-order valence-electron chi connectivity index (χ1n) is 7.38. The number of hydrogen-bond acceptors (Lipinski definition) is 3. The molecule has 0 amide bonds. The molecule has 3 nitrogen and oxygen atoms in total. The number of rotatable bonds is 7. The van der Waals surface area contributed by atoms with Crippen molar-refractivity contribution in [2.24, 2.45) is 0 Å². The standard InChI is InChI=1S/C17H23NO2/c1-3-4-5-6-14-8-7-13(2)15(11-14)12-18-17-16(19)9-10-20-17/h7-11,17-18H,3-6,12H2,1-2H3. The number of carbonyl (C=O) groups excluding carboxylic acids is 1. The van der Waals surface area contributed by atoms with E-state index in [1.807, 2.05) is 0 Å². The van der Waals surface area contributed by atoms with E-state index in [1.54, 1.807) is 0 Å². The SMILES string of the molecule is CCCCCc1ccc(C)c(CNC2OC=CC2=O)c1. The molecule has 1 aliphatic heterocycles.